The third kappa shape index (κ3) is 7.06. The first-order chi connectivity index (χ1) is 7.41. The third-order valence-corrected chi connectivity index (χ3v) is 2.44. The lowest BCUT2D eigenvalue weighted by Crippen LogP contribution is -2.40. The van der Waals surface area contributed by atoms with Gasteiger partial charge in [0, 0.05) is 6.54 Å². The fourth-order valence-electron chi connectivity index (χ4n) is 1.47. The lowest BCUT2D eigenvalue weighted by molar-refractivity contribution is -0.228. The molecule has 0 aromatic carbocycles. The van der Waals surface area contributed by atoms with E-state index < -0.39 is 18.8 Å². The van der Waals surface area contributed by atoms with Crippen LogP contribution in [0.3, 0.4) is 0 Å². The van der Waals surface area contributed by atoms with Crippen LogP contribution in [0.1, 0.15) is 46.0 Å². The lowest BCUT2D eigenvalue weighted by atomic mass is 10.1. The number of alkyl halides is 3. The van der Waals surface area contributed by atoms with Crippen LogP contribution in [0.15, 0.2) is 0 Å². The largest absolute Gasteiger partial charge is 0.415 e. The summed E-state index contributed by atoms with van der Waals surface area (Å²) in [5.41, 5.74) is 5.04. The molecule has 0 aliphatic heterocycles. The number of unbranched alkanes of at least 4 members (excludes halogenated alkanes) is 3. The predicted molar refractivity (Wildman–Crippen MR) is 58.2 cm³/mol. The van der Waals surface area contributed by atoms with E-state index in [2.05, 4.69) is 6.92 Å². The van der Waals surface area contributed by atoms with Crippen molar-refractivity contribution in [3.63, 3.8) is 0 Å². The van der Waals surface area contributed by atoms with Crippen molar-refractivity contribution in [2.24, 2.45) is 5.73 Å². The van der Waals surface area contributed by atoms with Gasteiger partial charge in [-0.1, -0.05) is 32.6 Å². The Morgan fingerprint density at radius 2 is 1.81 bits per heavy atom. The van der Waals surface area contributed by atoms with Gasteiger partial charge in [-0.05, 0) is 13.3 Å². The van der Waals surface area contributed by atoms with Gasteiger partial charge in [0.1, 0.15) is 0 Å². The Morgan fingerprint density at radius 3 is 2.25 bits per heavy atom. The monoisotopic (exact) mass is 241 g/mol. The smallest absolute Gasteiger partial charge is 0.364 e. The highest BCUT2D eigenvalue weighted by Crippen LogP contribution is 2.24. The van der Waals surface area contributed by atoms with Crippen LogP contribution in [0, 0.1) is 0 Å². The molecule has 0 fully saturated rings. The Bertz CT molecular complexity index is 173. The second-order valence-corrected chi connectivity index (χ2v) is 4.06. The molecule has 2 nitrogen and oxygen atoms in total. The average Bonchev–Trinajstić information content (AvgIpc) is 2.19. The molecule has 0 aliphatic rings. The van der Waals surface area contributed by atoms with Crippen LogP contribution >= 0.6 is 0 Å². The van der Waals surface area contributed by atoms with E-state index in [1.807, 2.05) is 0 Å². The number of ether oxygens (including phenoxy) is 1. The number of nitrogens with two attached hydrogens (primary N) is 1. The Morgan fingerprint density at radius 1 is 1.19 bits per heavy atom. The normalized spacial score (nSPS) is 16.1. The average molecular weight is 241 g/mol. The molecule has 0 aromatic rings. The number of hydrogen-bond donors (Lipinski definition) is 1. The zero-order valence-corrected chi connectivity index (χ0v) is 10.0. The first-order valence-electron chi connectivity index (χ1n) is 5.84. The Hall–Kier alpha value is -0.290. The van der Waals surface area contributed by atoms with Crippen molar-refractivity contribution in [3.8, 4) is 0 Å². The van der Waals surface area contributed by atoms with Crippen molar-refractivity contribution in [1.29, 1.82) is 0 Å². The van der Waals surface area contributed by atoms with Gasteiger partial charge in [0.25, 0.3) is 0 Å². The fourth-order valence-corrected chi connectivity index (χ4v) is 1.47. The number of rotatable bonds is 8. The van der Waals surface area contributed by atoms with Gasteiger partial charge < -0.3 is 10.5 Å². The molecule has 0 saturated heterocycles. The Labute approximate surface area is 95.3 Å². The summed E-state index contributed by atoms with van der Waals surface area (Å²) in [6.07, 6.45) is -1.72. The van der Waals surface area contributed by atoms with Crippen LogP contribution in [-0.4, -0.2) is 24.9 Å². The third-order valence-electron chi connectivity index (χ3n) is 2.44. The number of halogens is 3. The van der Waals surface area contributed by atoms with Crippen molar-refractivity contribution < 1.29 is 17.9 Å². The van der Waals surface area contributed by atoms with E-state index >= 15 is 0 Å². The van der Waals surface area contributed by atoms with Crippen molar-refractivity contribution in [2.75, 3.05) is 6.54 Å². The lowest BCUT2D eigenvalue weighted by Gasteiger charge is -2.23. The highest BCUT2D eigenvalue weighted by molar-refractivity contribution is 4.70. The van der Waals surface area contributed by atoms with Crippen LogP contribution in [0.5, 0.6) is 0 Å². The minimum absolute atomic E-state index is 0.382. The maximum atomic E-state index is 12.3. The van der Waals surface area contributed by atoms with Crippen molar-refractivity contribution in [3.05, 3.63) is 0 Å². The summed E-state index contributed by atoms with van der Waals surface area (Å²) in [5, 5.41) is 0. The first kappa shape index (κ1) is 15.7. The van der Waals surface area contributed by atoms with E-state index in [-0.39, 0.29) is 6.10 Å². The molecule has 2 N–H and O–H groups in total. The second kappa shape index (κ2) is 7.90. The van der Waals surface area contributed by atoms with Crippen molar-refractivity contribution in [2.45, 2.75) is 64.3 Å². The van der Waals surface area contributed by atoms with E-state index in [0.717, 1.165) is 25.7 Å². The summed E-state index contributed by atoms with van der Waals surface area (Å²) in [4.78, 5) is 0. The molecule has 0 amide bonds. The molecule has 2 unspecified atom stereocenters. The highest BCUT2D eigenvalue weighted by atomic mass is 19.4. The Balaban J connectivity index is 3.79. The van der Waals surface area contributed by atoms with Crippen LogP contribution in [0.2, 0.25) is 0 Å². The zero-order valence-electron chi connectivity index (χ0n) is 10.0. The van der Waals surface area contributed by atoms with Gasteiger partial charge in [-0.15, -0.1) is 0 Å². The van der Waals surface area contributed by atoms with E-state index in [0.29, 0.717) is 6.42 Å². The topological polar surface area (TPSA) is 35.2 Å². The van der Waals surface area contributed by atoms with Crippen LogP contribution < -0.4 is 5.73 Å². The molecule has 0 radical (unpaired) electrons. The van der Waals surface area contributed by atoms with Gasteiger partial charge in [0.15, 0.2) is 6.10 Å². The maximum absolute atomic E-state index is 12.3. The van der Waals surface area contributed by atoms with E-state index in [4.69, 9.17) is 10.5 Å². The zero-order chi connectivity index (χ0) is 12.6. The molecule has 2 atom stereocenters. The van der Waals surface area contributed by atoms with Gasteiger partial charge in [0.05, 0.1) is 6.10 Å². The highest BCUT2D eigenvalue weighted by Gasteiger charge is 2.40. The Kier molecular flexibility index (Phi) is 7.76. The molecular weight excluding hydrogens is 219 g/mol. The van der Waals surface area contributed by atoms with Gasteiger partial charge >= 0.3 is 6.18 Å². The van der Waals surface area contributed by atoms with Gasteiger partial charge in [0.2, 0.25) is 0 Å². The fraction of sp³-hybridized carbons (Fsp3) is 1.00. The quantitative estimate of drug-likeness (QED) is 0.662. The predicted octanol–water partition coefficient (Wildman–Crippen LogP) is 3.25. The maximum Gasteiger partial charge on any atom is 0.415 e. The summed E-state index contributed by atoms with van der Waals surface area (Å²) >= 11 is 0. The molecular formula is C11H22F3NO. The molecule has 16 heavy (non-hydrogen) atoms. The summed E-state index contributed by atoms with van der Waals surface area (Å²) in [6.45, 7) is 3.25. The minimum Gasteiger partial charge on any atom is -0.364 e. The second-order valence-electron chi connectivity index (χ2n) is 4.06. The van der Waals surface area contributed by atoms with Crippen molar-refractivity contribution in [1.82, 2.24) is 0 Å². The van der Waals surface area contributed by atoms with Crippen LogP contribution in [-0.2, 0) is 4.74 Å². The molecule has 0 heterocycles. The molecule has 0 aromatic heterocycles. The van der Waals surface area contributed by atoms with Crippen LogP contribution in [0.25, 0.3) is 0 Å². The molecule has 0 bridgehead atoms. The molecule has 0 rings (SSSR count). The van der Waals surface area contributed by atoms with Crippen LogP contribution in [0.4, 0.5) is 13.2 Å². The van der Waals surface area contributed by atoms with E-state index in [1.54, 1.807) is 6.92 Å². The van der Waals surface area contributed by atoms with Gasteiger partial charge in [-0.25, -0.2) is 0 Å². The van der Waals surface area contributed by atoms with Gasteiger partial charge in [-0.2, -0.15) is 13.2 Å². The molecule has 0 saturated carbocycles. The molecule has 0 aliphatic carbocycles. The van der Waals surface area contributed by atoms with E-state index in [1.165, 1.54) is 0 Å². The molecule has 0 spiro atoms. The summed E-state index contributed by atoms with van der Waals surface area (Å²) in [5.74, 6) is 0. The molecule has 5 heteroatoms. The van der Waals surface area contributed by atoms with Gasteiger partial charge in [-0.3, -0.25) is 0 Å². The standard InChI is InChI=1S/C11H22F3NO/c1-3-4-5-6-7-9(2)16-10(8-15)11(12,13)14/h9-10H,3-8,15H2,1-2H3. The first-order valence-corrected chi connectivity index (χ1v) is 5.84. The summed E-state index contributed by atoms with van der Waals surface area (Å²) < 4.78 is 41.9. The van der Waals surface area contributed by atoms with E-state index in [9.17, 15) is 13.2 Å². The SMILES string of the molecule is CCCCCCC(C)OC(CN)C(F)(F)F. The summed E-state index contributed by atoms with van der Waals surface area (Å²) in [6, 6.07) is 0. The number of hydrogen-bond acceptors (Lipinski definition) is 2. The molecule has 98 valence electrons. The minimum atomic E-state index is -4.35. The van der Waals surface area contributed by atoms with Crippen molar-refractivity contribution >= 4 is 0 Å². The summed E-state index contributed by atoms with van der Waals surface area (Å²) in [7, 11) is 0.